The van der Waals surface area contributed by atoms with Gasteiger partial charge < -0.3 is 10.4 Å². The Morgan fingerprint density at radius 3 is 2.33 bits per heavy atom. The van der Waals surface area contributed by atoms with Gasteiger partial charge in [0.2, 0.25) is 0 Å². The van der Waals surface area contributed by atoms with E-state index in [1.54, 1.807) is 0 Å². The van der Waals surface area contributed by atoms with Gasteiger partial charge in [-0.1, -0.05) is 26.7 Å². The van der Waals surface area contributed by atoms with Gasteiger partial charge in [-0.2, -0.15) is 0 Å². The summed E-state index contributed by atoms with van der Waals surface area (Å²) >= 11 is 0. The topological polar surface area (TPSA) is 32.3 Å². The van der Waals surface area contributed by atoms with Crippen molar-refractivity contribution in [2.75, 3.05) is 6.54 Å². The first kappa shape index (κ1) is 14.9. The molecule has 0 heterocycles. The molecule has 0 aliphatic rings. The highest BCUT2D eigenvalue weighted by atomic mass is 19.1. The predicted octanol–water partition coefficient (Wildman–Crippen LogP) is 3.59. The number of hydrogen-bond donors (Lipinski definition) is 2. The molecule has 1 rings (SSSR count). The molecule has 0 radical (unpaired) electrons. The van der Waals surface area contributed by atoms with Crippen LogP contribution in [0.1, 0.15) is 38.7 Å². The van der Waals surface area contributed by atoms with Crippen LogP contribution >= 0.6 is 0 Å². The van der Waals surface area contributed by atoms with Crippen LogP contribution in [0.3, 0.4) is 0 Å². The highest BCUT2D eigenvalue weighted by molar-refractivity contribution is 5.29. The van der Waals surface area contributed by atoms with Crippen molar-refractivity contribution < 1.29 is 13.9 Å². The maximum absolute atomic E-state index is 13.0. The van der Waals surface area contributed by atoms with E-state index in [2.05, 4.69) is 19.2 Å². The lowest BCUT2D eigenvalue weighted by molar-refractivity contribution is 0.395. The monoisotopic (exact) mass is 257 g/mol. The van der Waals surface area contributed by atoms with Gasteiger partial charge in [0.05, 0.1) is 0 Å². The quantitative estimate of drug-likeness (QED) is 0.732. The molecule has 1 aromatic rings. The minimum atomic E-state index is -0.911. The molecule has 18 heavy (non-hydrogen) atoms. The lowest BCUT2D eigenvalue weighted by Gasteiger charge is -2.07. The van der Waals surface area contributed by atoms with E-state index in [9.17, 15) is 8.78 Å². The molecule has 4 heteroatoms. The molecule has 0 spiro atoms. The van der Waals surface area contributed by atoms with Crippen molar-refractivity contribution in [3.63, 3.8) is 0 Å². The molecule has 0 fully saturated rings. The Kier molecular flexibility index (Phi) is 6.05. The Balaban J connectivity index is 2.27. The van der Waals surface area contributed by atoms with Crippen LogP contribution < -0.4 is 5.32 Å². The fourth-order valence-corrected chi connectivity index (χ4v) is 1.76. The lowest BCUT2D eigenvalue weighted by atomic mass is 10.1. The summed E-state index contributed by atoms with van der Waals surface area (Å²) in [6.07, 6.45) is 3.41. The first-order chi connectivity index (χ1) is 8.50. The molecule has 2 nitrogen and oxygen atoms in total. The van der Waals surface area contributed by atoms with Crippen molar-refractivity contribution in [1.82, 2.24) is 5.32 Å². The zero-order valence-corrected chi connectivity index (χ0v) is 11.0. The molecule has 0 bridgehead atoms. The first-order valence-electron chi connectivity index (χ1n) is 6.38. The van der Waals surface area contributed by atoms with E-state index in [1.165, 1.54) is 6.42 Å². The van der Waals surface area contributed by atoms with Crippen molar-refractivity contribution in [1.29, 1.82) is 0 Å². The minimum Gasteiger partial charge on any atom is -0.503 e. The summed E-state index contributed by atoms with van der Waals surface area (Å²) in [6.45, 7) is 5.62. The van der Waals surface area contributed by atoms with E-state index in [0.717, 1.165) is 31.5 Å². The number of phenols is 1. The van der Waals surface area contributed by atoms with Gasteiger partial charge in [-0.3, -0.25) is 0 Å². The van der Waals surface area contributed by atoms with Crippen LogP contribution in [0.15, 0.2) is 12.1 Å². The average Bonchev–Trinajstić information content (AvgIpc) is 2.30. The molecule has 0 saturated carbocycles. The van der Waals surface area contributed by atoms with Crippen molar-refractivity contribution in [2.24, 2.45) is 5.92 Å². The number of aromatic hydroxyl groups is 1. The number of benzene rings is 1. The van der Waals surface area contributed by atoms with E-state index < -0.39 is 17.4 Å². The van der Waals surface area contributed by atoms with Gasteiger partial charge in [-0.05, 0) is 36.6 Å². The van der Waals surface area contributed by atoms with Crippen molar-refractivity contribution in [3.05, 3.63) is 29.3 Å². The summed E-state index contributed by atoms with van der Waals surface area (Å²) in [5.74, 6) is -2.01. The summed E-state index contributed by atoms with van der Waals surface area (Å²) in [4.78, 5) is 0. The van der Waals surface area contributed by atoms with Gasteiger partial charge in [-0.25, -0.2) is 8.78 Å². The van der Waals surface area contributed by atoms with Gasteiger partial charge in [0.1, 0.15) is 0 Å². The van der Waals surface area contributed by atoms with Crippen LogP contribution in [0, 0.1) is 17.6 Å². The molecule has 102 valence electrons. The third kappa shape index (κ3) is 5.00. The van der Waals surface area contributed by atoms with E-state index in [4.69, 9.17) is 5.11 Å². The molecule has 0 amide bonds. The fraction of sp³-hybridized carbons (Fsp3) is 0.571. The molecule has 0 aliphatic carbocycles. The maximum Gasteiger partial charge on any atom is 0.187 e. The molecule has 0 aromatic heterocycles. The van der Waals surface area contributed by atoms with E-state index in [-0.39, 0.29) is 0 Å². The van der Waals surface area contributed by atoms with Gasteiger partial charge in [0.15, 0.2) is 17.4 Å². The van der Waals surface area contributed by atoms with Crippen LogP contribution in [0.25, 0.3) is 0 Å². The van der Waals surface area contributed by atoms with E-state index in [1.807, 2.05) is 0 Å². The average molecular weight is 257 g/mol. The van der Waals surface area contributed by atoms with E-state index >= 15 is 0 Å². The van der Waals surface area contributed by atoms with Gasteiger partial charge in [-0.15, -0.1) is 0 Å². The molecular weight excluding hydrogens is 236 g/mol. The SMILES string of the molecule is CC(C)CCCCNCc1cc(F)c(O)c(F)c1. The summed E-state index contributed by atoms with van der Waals surface area (Å²) in [5, 5.41) is 12.1. The van der Waals surface area contributed by atoms with E-state index in [0.29, 0.717) is 18.0 Å². The van der Waals surface area contributed by atoms with Gasteiger partial charge in [0.25, 0.3) is 0 Å². The molecule has 0 unspecified atom stereocenters. The van der Waals surface area contributed by atoms with Crippen LogP contribution in [0.2, 0.25) is 0 Å². The number of nitrogens with one attached hydrogen (secondary N) is 1. The highest BCUT2D eigenvalue weighted by Gasteiger charge is 2.08. The van der Waals surface area contributed by atoms with Crippen molar-refractivity contribution in [2.45, 2.75) is 39.7 Å². The van der Waals surface area contributed by atoms with Crippen molar-refractivity contribution >= 4 is 0 Å². The maximum atomic E-state index is 13.0. The Morgan fingerprint density at radius 1 is 1.17 bits per heavy atom. The number of hydrogen-bond acceptors (Lipinski definition) is 2. The Bertz CT molecular complexity index is 357. The normalized spacial score (nSPS) is 11.2. The minimum absolute atomic E-state index is 0.412. The Hall–Kier alpha value is -1.16. The summed E-state index contributed by atoms with van der Waals surface area (Å²) in [5.41, 5.74) is 0.506. The molecule has 1 aromatic carbocycles. The molecule has 0 aliphatic heterocycles. The Labute approximate surface area is 107 Å². The zero-order chi connectivity index (χ0) is 13.5. The van der Waals surface area contributed by atoms with Crippen LogP contribution in [0.4, 0.5) is 8.78 Å². The predicted molar refractivity (Wildman–Crippen MR) is 68.4 cm³/mol. The summed E-state index contributed by atoms with van der Waals surface area (Å²) in [7, 11) is 0. The highest BCUT2D eigenvalue weighted by Crippen LogP contribution is 2.21. The zero-order valence-electron chi connectivity index (χ0n) is 11.0. The standard InChI is InChI=1S/C14H21F2NO/c1-10(2)5-3-4-6-17-9-11-7-12(15)14(18)13(16)8-11/h7-8,10,17-18H,3-6,9H2,1-2H3. The summed E-state index contributed by atoms with van der Waals surface area (Å²) < 4.78 is 26.1. The van der Waals surface area contributed by atoms with Crippen molar-refractivity contribution in [3.8, 4) is 5.75 Å². The number of rotatable bonds is 7. The molecule has 2 N–H and O–H groups in total. The van der Waals surface area contributed by atoms with Gasteiger partial charge in [0, 0.05) is 6.54 Å². The fourth-order valence-electron chi connectivity index (χ4n) is 1.76. The second-order valence-corrected chi connectivity index (χ2v) is 4.97. The second-order valence-electron chi connectivity index (χ2n) is 4.97. The van der Waals surface area contributed by atoms with Crippen LogP contribution in [0.5, 0.6) is 5.75 Å². The third-order valence-corrected chi connectivity index (χ3v) is 2.79. The number of halogens is 2. The van der Waals surface area contributed by atoms with Gasteiger partial charge >= 0.3 is 0 Å². The smallest absolute Gasteiger partial charge is 0.187 e. The summed E-state index contributed by atoms with van der Waals surface area (Å²) in [6, 6.07) is 2.30. The second kappa shape index (κ2) is 7.31. The largest absolute Gasteiger partial charge is 0.503 e. The molecule has 0 atom stereocenters. The van der Waals surface area contributed by atoms with Crippen LogP contribution in [-0.2, 0) is 6.54 Å². The first-order valence-corrected chi connectivity index (χ1v) is 6.38. The third-order valence-electron chi connectivity index (χ3n) is 2.79. The number of unbranched alkanes of at least 4 members (excludes halogenated alkanes) is 1. The lowest BCUT2D eigenvalue weighted by Crippen LogP contribution is -2.15. The molecule has 0 saturated heterocycles. The van der Waals surface area contributed by atoms with Crippen LogP contribution in [-0.4, -0.2) is 11.7 Å². The molecular formula is C14H21F2NO. The number of phenolic OH excluding ortho intramolecular Hbond substituents is 1. The Morgan fingerprint density at radius 2 is 1.78 bits per heavy atom.